The summed E-state index contributed by atoms with van der Waals surface area (Å²) in [5, 5.41) is 8.65. The smallest absolute Gasteiger partial charge is 0.116 e. The van der Waals surface area contributed by atoms with E-state index >= 15 is 0 Å². The zero-order chi connectivity index (χ0) is 20.2. The molecule has 1 aromatic heterocycles. The molecule has 2 aromatic rings. The van der Waals surface area contributed by atoms with E-state index in [1.165, 1.54) is 100 Å². The van der Waals surface area contributed by atoms with E-state index in [1.807, 2.05) is 4.68 Å². The van der Waals surface area contributed by atoms with Gasteiger partial charge in [-0.1, -0.05) is 83.3 Å². The SMILES string of the molecule is CCCCCCCCCCCc1cc2c(nnn2CN)c(C)c1CCCCC. The third-order valence-electron chi connectivity index (χ3n) is 6.03. The quantitative estimate of drug-likeness (QED) is 0.357. The molecule has 0 radical (unpaired) electrons. The third-order valence-corrected chi connectivity index (χ3v) is 6.03. The number of benzene rings is 1. The maximum Gasteiger partial charge on any atom is 0.116 e. The topological polar surface area (TPSA) is 56.7 Å². The minimum Gasteiger partial charge on any atom is -0.312 e. The van der Waals surface area contributed by atoms with Crippen LogP contribution in [0.3, 0.4) is 0 Å². The molecule has 0 aliphatic rings. The van der Waals surface area contributed by atoms with E-state index in [0.717, 1.165) is 17.5 Å². The van der Waals surface area contributed by atoms with Gasteiger partial charge in [0.2, 0.25) is 0 Å². The van der Waals surface area contributed by atoms with Gasteiger partial charge in [0, 0.05) is 0 Å². The summed E-state index contributed by atoms with van der Waals surface area (Å²) in [6.07, 6.45) is 18.5. The molecule has 1 aromatic carbocycles. The highest BCUT2D eigenvalue weighted by Crippen LogP contribution is 2.27. The fourth-order valence-electron chi connectivity index (χ4n) is 4.25. The highest BCUT2D eigenvalue weighted by molar-refractivity contribution is 5.80. The highest BCUT2D eigenvalue weighted by atomic mass is 15.4. The van der Waals surface area contributed by atoms with Crippen molar-refractivity contribution in [2.24, 2.45) is 5.73 Å². The Bertz CT molecular complexity index is 689. The van der Waals surface area contributed by atoms with Crippen LogP contribution in [-0.2, 0) is 19.5 Å². The van der Waals surface area contributed by atoms with Crippen molar-refractivity contribution in [2.75, 3.05) is 0 Å². The van der Waals surface area contributed by atoms with Crippen LogP contribution in [0.2, 0.25) is 0 Å². The van der Waals surface area contributed by atoms with Gasteiger partial charge in [0.1, 0.15) is 5.52 Å². The molecule has 0 amide bonds. The Morgan fingerprint density at radius 2 is 1.39 bits per heavy atom. The molecule has 1 heterocycles. The maximum atomic E-state index is 5.86. The average Bonchev–Trinajstić information content (AvgIpc) is 3.12. The summed E-state index contributed by atoms with van der Waals surface area (Å²) in [5.74, 6) is 0. The van der Waals surface area contributed by atoms with Crippen LogP contribution >= 0.6 is 0 Å². The zero-order valence-corrected chi connectivity index (χ0v) is 18.6. The van der Waals surface area contributed by atoms with E-state index in [4.69, 9.17) is 5.73 Å². The van der Waals surface area contributed by atoms with Crippen molar-refractivity contribution in [1.29, 1.82) is 0 Å². The van der Waals surface area contributed by atoms with Crippen molar-refractivity contribution in [1.82, 2.24) is 15.0 Å². The molecule has 4 nitrogen and oxygen atoms in total. The predicted molar refractivity (Wildman–Crippen MR) is 121 cm³/mol. The Hall–Kier alpha value is -1.42. The first-order chi connectivity index (χ1) is 13.7. The molecule has 0 saturated heterocycles. The minimum absolute atomic E-state index is 0.391. The molecule has 0 atom stereocenters. The first-order valence-corrected chi connectivity index (χ1v) is 11.8. The molecule has 0 aliphatic carbocycles. The summed E-state index contributed by atoms with van der Waals surface area (Å²) in [4.78, 5) is 0. The lowest BCUT2D eigenvalue weighted by Gasteiger charge is -2.14. The van der Waals surface area contributed by atoms with E-state index in [-0.39, 0.29) is 0 Å². The van der Waals surface area contributed by atoms with Crippen molar-refractivity contribution in [3.05, 3.63) is 22.8 Å². The van der Waals surface area contributed by atoms with Gasteiger partial charge in [0.25, 0.3) is 0 Å². The van der Waals surface area contributed by atoms with Crippen molar-refractivity contribution in [3.63, 3.8) is 0 Å². The molecule has 0 bridgehead atoms. The largest absolute Gasteiger partial charge is 0.312 e. The summed E-state index contributed by atoms with van der Waals surface area (Å²) in [5.41, 5.74) is 12.3. The lowest BCUT2D eigenvalue weighted by Crippen LogP contribution is -2.09. The number of nitrogens with two attached hydrogens (primary N) is 1. The predicted octanol–water partition coefficient (Wildman–Crippen LogP) is 6.46. The average molecular weight is 387 g/mol. The van der Waals surface area contributed by atoms with E-state index in [9.17, 15) is 0 Å². The molecule has 0 unspecified atom stereocenters. The number of fused-ring (bicyclic) bond motifs is 1. The normalized spacial score (nSPS) is 11.6. The van der Waals surface area contributed by atoms with Gasteiger partial charge in [0.05, 0.1) is 12.2 Å². The van der Waals surface area contributed by atoms with Crippen LogP contribution < -0.4 is 5.73 Å². The number of rotatable bonds is 15. The van der Waals surface area contributed by atoms with Gasteiger partial charge in [0.15, 0.2) is 0 Å². The second-order valence-electron chi connectivity index (χ2n) is 8.31. The molecule has 0 fully saturated rings. The molecule has 4 heteroatoms. The Morgan fingerprint density at radius 3 is 2.04 bits per heavy atom. The standard InChI is InChI=1S/C24H42N4/c1-4-6-8-9-10-11-12-13-15-16-21-18-23-24(26-27-28(23)19-25)20(3)22(21)17-14-7-5-2/h18H,4-17,19,25H2,1-3H3. The number of aromatic nitrogens is 3. The summed E-state index contributed by atoms with van der Waals surface area (Å²) >= 11 is 0. The fraction of sp³-hybridized carbons (Fsp3) is 0.750. The molecular formula is C24H42N4. The minimum atomic E-state index is 0.391. The summed E-state index contributed by atoms with van der Waals surface area (Å²) in [7, 11) is 0. The molecule has 2 N–H and O–H groups in total. The van der Waals surface area contributed by atoms with Gasteiger partial charge < -0.3 is 5.73 Å². The van der Waals surface area contributed by atoms with E-state index in [0.29, 0.717) is 6.67 Å². The molecular weight excluding hydrogens is 344 g/mol. The number of aryl methyl sites for hydroxylation is 2. The van der Waals surface area contributed by atoms with Crippen LogP contribution in [0, 0.1) is 6.92 Å². The van der Waals surface area contributed by atoms with Crippen molar-refractivity contribution in [3.8, 4) is 0 Å². The summed E-state index contributed by atoms with van der Waals surface area (Å²) in [6.45, 7) is 7.17. The Morgan fingerprint density at radius 1 is 0.821 bits per heavy atom. The molecule has 0 aliphatic heterocycles. The van der Waals surface area contributed by atoms with Crippen molar-refractivity contribution < 1.29 is 0 Å². The third kappa shape index (κ3) is 6.58. The van der Waals surface area contributed by atoms with Crippen LogP contribution in [0.1, 0.15) is 108 Å². The van der Waals surface area contributed by atoms with E-state index in [2.05, 4.69) is 37.1 Å². The van der Waals surface area contributed by atoms with E-state index in [1.54, 1.807) is 0 Å². The van der Waals surface area contributed by atoms with Gasteiger partial charge in [-0.05, 0) is 55.4 Å². The van der Waals surface area contributed by atoms with Crippen LogP contribution in [-0.4, -0.2) is 15.0 Å². The van der Waals surface area contributed by atoms with Gasteiger partial charge in [-0.3, -0.25) is 0 Å². The Labute approximate surface area is 172 Å². The summed E-state index contributed by atoms with van der Waals surface area (Å²) < 4.78 is 1.83. The lowest BCUT2D eigenvalue weighted by atomic mass is 9.92. The Balaban J connectivity index is 1.95. The van der Waals surface area contributed by atoms with Gasteiger partial charge in [-0.15, -0.1) is 5.10 Å². The monoisotopic (exact) mass is 386 g/mol. The van der Waals surface area contributed by atoms with Gasteiger partial charge in [-0.25, -0.2) is 4.68 Å². The Kier molecular flexibility index (Phi) is 10.6. The van der Waals surface area contributed by atoms with Gasteiger partial charge >= 0.3 is 0 Å². The molecule has 28 heavy (non-hydrogen) atoms. The molecule has 0 spiro atoms. The first kappa shape index (κ1) is 22.9. The van der Waals surface area contributed by atoms with Crippen LogP contribution in [0.25, 0.3) is 11.0 Å². The maximum absolute atomic E-state index is 5.86. The fourth-order valence-corrected chi connectivity index (χ4v) is 4.25. The number of hydrogen-bond acceptors (Lipinski definition) is 3. The second-order valence-corrected chi connectivity index (χ2v) is 8.31. The van der Waals surface area contributed by atoms with E-state index < -0.39 is 0 Å². The van der Waals surface area contributed by atoms with Crippen LogP contribution in [0.4, 0.5) is 0 Å². The van der Waals surface area contributed by atoms with Gasteiger partial charge in [-0.2, -0.15) is 0 Å². The molecule has 2 rings (SSSR count). The first-order valence-electron chi connectivity index (χ1n) is 11.8. The van der Waals surface area contributed by atoms with Crippen molar-refractivity contribution in [2.45, 2.75) is 117 Å². The number of nitrogens with zero attached hydrogens (tertiary/aromatic N) is 3. The van der Waals surface area contributed by atoms with Crippen LogP contribution in [0.15, 0.2) is 6.07 Å². The number of unbranched alkanes of at least 4 members (excludes halogenated alkanes) is 10. The van der Waals surface area contributed by atoms with Crippen molar-refractivity contribution >= 4 is 11.0 Å². The zero-order valence-electron chi connectivity index (χ0n) is 18.6. The highest BCUT2D eigenvalue weighted by Gasteiger charge is 2.14. The van der Waals surface area contributed by atoms with Crippen LogP contribution in [0.5, 0.6) is 0 Å². The molecule has 0 saturated carbocycles. The summed E-state index contributed by atoms with van der Waals surface area (Å²) in [6, 6.07) is 2.32. The lowest BCUT2D eigenvalue weighted by molar-refractivity contribution is 0.564. The second kappa shape index (κ2) is 12.9. The molecule has 158 valence electrons. The number of hydrogen-bond donors (Lipinski definition) is 1.